The monoisotopic (exact) mass is 614 g/mol. The van der Waals surface area contributed by atoms with Crippen molar-refractivity contribution in [2.45, 2.75) is 37.9 Å². The van der Waals surface area contributed by atoms with Crippen molar-refractivity contribution in [2.24, 2.45) is 7.05 Å². The summed E-state index contributed by atoms with van der Waals surface area (Å²) >= 11 is 0. The summed E-state index contributed by atoms with van der Waals surface area (Å²) in [5, 5.41) is 6.70. The molecular weight excluding hydrogens is 584 g/mol. The van der Waals surface area contributed by atoms with Gasteiger partial charge in [0.2, 0.25) is 5.95 Å². The first kappa shape index (κ1) is 33.4. The van der Waals surface area contributed by atoms with Crippen LogP contribution in [0.15, 0.2) is 66.9 Å². The maximum Gasteiger partial charge on any atom is 0.416 e. The number of alkyl halides is 3. The van der Waals surface area contributed by atoms with E-state index in [-0.39, 0.29) is 49.2 Å². The van der Waals surface area contributed by atoms with E-state index >= 15 is 0 Å². The molecule has 0 aliphatic carbocycles. The highest BCUT2D eigenvalue weighted by Crippen LogP contribution is 2.38. The van der Waals surface area contributed by atoms with Crippen molar-refractivity contribution in [3.8, 4) is 22.6 Å². The number of nitrogens with zero attached hydrogens (tertiary/aromatic N) is 4. The zero-order valence-corrected chi connectivity index (χ0v) is 24.4. The van der Waals surface area contributed by atoms with Crippen LogP contribution in [0.3, 0.4) is 0 Å². The van der Waals surface area contributed by atoms with Gasteiger partial charge < -0.3 is 15.2 Å². The van der Waals surface area contributed by atoms with Crippen molar-refractivity contribution in [3.05, 3.63) is 83.8 Å². The Balaban J connectivity index is 0.00000187. The van der Waals surface area contributed by atoms with E-state index in [0.29, 0.717) is 28.6 Å². The highest BCUT2D eigenvalue weighted by Gasteiger charge is 2.32. The van der Waals surface area contributed by atoms with Crippen LogP contribution in [0, 0.1) is 0 Å². The van der Waals surface area contributed by atoms with E-state index in [1.54, 1.807) is 18.3 Å². The number of nitrogens with one attached hydrogen (secondary N) is 2. The fourth-order valence-electron chi connectivity index (χ4n) is 4.88. The molecule has 0 unspecified atom stereocenters. The molecule has 5 rings (SSSR count). The van der Waals surface area contributed by atoms with Gasteiger partial charge in [0.25, 0.3) is 0 Å². The number of hydrogen-bond acceptors (Lipinski definition) is 5. The van der Waals surface area contributed by atoms with E-state index in [1.807, 2.05) is 48.9 Å². The van der Waals surface area contributed by atoms with Crippen LogP contribution in [0.1, 0.15) is 48.7 Å². The molecule has 1 saturated heterocycles. The predicted octanol–water partition coefficient (Wildman–Crippen LogP) is 7.47. The number of anilines is 1. The minimum Gasteiger partial charge on any atom is -0.348 e. The van der Waals surface area contributed by atoms with Crippen LogP contribution >= 0.6 is 37.2 Å². The third kappa shape index (κ3) is 7.26. The van der Waals surface area contributed by atoms with Gasteiger partial charge in [-0.15, -0.1) is 37.2 Å². The van der Waals surface area contributed by atoms with Crippen LogP contribution in [0.25, 0.3) is 22.6 Å². The highest BCUT2D eigenvalue weighted by atomic mass is 35.5. The normalized spacial score (nSPS) is 14.3. The van der Waals surface area contributed by atoms with Gasteiger partial charge in [-0.25, -0.2) is 15.0 Å². The van der Waals surface area contributed by atoms with Crippen molar-refractivity contribution < 1.29 is 13.2 Å². The predicted molar refractivity (Wildman–Crippen MR) is 160 cm³/mol. The molecule has 2 N–H and O–H groups in total. The quantitative estimate of drug-likeness (QED) is 0.236. The van der Waals surface area contributed by atoms with Gasteiger partial charge in [-0.3, -0.25) is 0 Å². The fraction of sp³-hybridized carbons (Fsp3) is 0.321. The number of benzene rings is 2. The Morgan fingerprint density at radius 1 is 0.950 bits per heavy atom. The minimum atomic E-state index is -4.44. The minimum absolute atomic E-state index is 0. The molecule has 2 aromatic heterocycles. The van der Waals surface area contributed by atoms with E-state index in [9.17, 15) is 13.2 Å². The van der Waals surface area contributed by atoms with Crippen LogP contribution in [0.5, 0.6) is 0 Å². The molecule has 4 aromatic rings. The van der Waals surface area contributed by atoms with Crippen molar-refractivity contribution in [3.63, 3.8) is 0 Å². The number of aromatic nitrogens is 4. The van der Waals surface area contributed by atoms with Crippen molar-refractivity contribution >= 4 is 43.2 Å². The van der Waals surface area contributed by atoms with Gasteiger partial charge in [0.15, 0.2) is 0 Å². The number of hydrogen-bond donors (Lipinski definition) is 2. The largest absolute Gasteiger partial charge is 0.416 e. The average molecular weight is 616 g/mol. The summed E-state index contributed by atoms with van der Waals surface area (Å²) in [6, 6.07) is 17.1. The van der Waals surface area contributed by atoms with E-state index in [0.717, 1.165) is 49.5 Å². The SMILES string of the molecule is C[C@H](Nc1nccc(-c2c(-c3cccc(C(F)(F)F)c3)nc(C3CCNCC3)n2C)n1)c1ccccc1.Cl.Cl.Cl. The van der Waals surface area contributed by atoms with Gasteiger partial charge >= 0.3 is 6.18 Å². The number of imidazole rings is 1. The molecule has 1 atom stereocenters. The van der Waals surface area contributed by atoms with Gasteiger partial charge in [0.1, 0.15) is 5.82 Å². The Kier molecular flexibility index (Phi) is 11.8. The van der Waals surface area contributed by atoms with Gasteiger partial charge in [-0.2, -0.15) is 13.2 Å². The van der Waals surface area contributed by atoms with E-state index in [1.165, 1.54) is 6.07 Å². The summed E-state index contributed by atoms with van der Waals surface area (Å²) in [4.78, 5) is 14.1. The molecule has 1 fully saturated rings. The van der Waals surface area contributed by atoms with Crippen molar-refractivity contribution in [2.75, 3.05) is 18.4 Å². The molecule has 1 aliphatic heterocycles. The van der Waals surface area contributed by atoms with Gasteiger partial charge in [-0.05, 0) is 56.6 Å². The molecule has 6 nitrogen and oxygen atoms in total. The molecule has 0 radical (unpaired) electrons. The summed E-state index contributed by atoms with van der Waals surface area (Å²) in [6.45, 7) is 3.79. The van der Waals surface area contributed by atoms with Crippen molar-refractivity contribution in [1.82, 2.24) is 24.8 Å². The number of piperidine rings is 1. The summed E-state index contributed by atoms with van der Waals surface area (Å²) in [5.74, 6) is 1.50. The zero-order chi connectivity index (χ0) is 26.0. The summed E-state index contributed by atoms with van der Waals surface area (Å²) in [6.07, 6.45) is -0.951. The smallest absolute Gasteiger partial charge is 0.348 e. The maximum absolute atomic E-state index is 13.5. The first-order valence-electron chi connectivity index (χ1n) is 12.4. The molecule has 0 spiro atoms. The number of rotatable bonds is 6. The fourth-order valence-corrected chi connectivity index (χ4v) is 4.88. The third-order valence-corrected chi connectivity index (χ3v) is 6.84. The lowest BCUT2D eigenvalue weighted by Crippen LogP contribution is -2.27. The molecule has 0 bridgehead atoms. The molecule has 12 heteroatoms. The Bertz CT molecular complexity index is 1380. The Morgan fingerprint density at radius 3 is 2.33 bits per heavy atom. The summed E-state index contributed by atoms with van der Waals surface area (Å²) in [5.41, 5.74) is 2.56. The van der Waals surface area contributed by atoms with Gasteiger partial charge in [0.05, 0.1) is 28.7 Å². The molecule has 216 valence electrons. The van der Waals surface area contributed by atoms with E-state index in [4.69, 9.17) is 9.97 Å². The second-order valence-electron chi connectivity index (χ2n) is 9.37. The van der Waals surface area contributed by atoms with Crippen LogP contribution in [-0.2, 0) is 13.2 Å². The lowest BCUT2D eigenvalue weighted by molar-refractivity contribution is -0.137. The topological polar surface area (TPSA) is 67.7 Å². The second-order valence-corrected chi connectivity index (χ2v) is 9.37. The molecule has 0 amide bonds. The van der Waals surface area contributed by atoms with Crippen LogP contribution < -0.4 is 10.6 Å². The first-order valence-corrected chi connectivity index (χ1v) is 12.4. The molecular formula is C28H32Cl3F3N6. The molecule has 1 aliphatic rings. The Morgan fingerprint density at radius 2 is 1.65 bits per heavy atom. The summed E-state index contributed by atoms with van der Waals surface area (Å²) in [7, 11) is 1.92. The standard InChI is InChI=1S/C28H29F3N6.3ClH/c1-18(19-7-4-3-5-8-19)34-27-33-16-13-23(35-27)25-24(21-9-6-10-22(17-21)28(29,30)31)36-26(37(25)2)20-11-14-32-15-12-20;;;/h3-10,13,16-18,20,32H,11-12,14-15H2,1-2H3,(H,33,34,35);3*1H/t18-;;;/m0.../s1. The van der Waals surface area contributed by atoms with Crippen LogP contribution in [0.4, 0.5) is 19.1 Å². The van der Waals surface area contributed by atoms with Crippen molar-refractivity contribution in [1.29, 1.82) is 0 Å². The first-order chi connectivity index (χ1) is 17.8. The van der Waals surface area contributed by atoms with E-state index < -0.39 is 11.7 Å². The molecule has 3 heterocycles. The molecule has 2 aromatic carbocycles. The van der Waals surface area contributed by atoms with Gasteiger partial charge in [-0.1, -0.05) is 42.5 Å². The Hall–Kier alpha value is -2.85. The van der Waals surface area contributed by atoms with Crippen LogP contribution in [-0.4, -0.2) is 32.6 Å². The zero-order valence-electron chi connectivity index (χ0n) is 22.0. The second kappa shape index (κ2) is 14.2. The molecule has 0 saturated carbocycles. The lowest BCUT2D eigenvalue weighted by Gasteiger charge is -2.22. The van der Waals surface area contributed by atoms with Gasteiger partial charge in [0, 0.05) is 24.7 Å². The summed E-state index contributed by atoms with van der Waals surface area (Å²) < 4.78 is 42.6. The number of halogens is 6. The van der Waals surface area contributed by atoms with Crippen LogP contribution in [0.2, 0.25) is 0 Å². The maximum atomic E-state index is 13.5. The molecule has 40 heavy (non-hydrogen) atoms. The third-order valence-electron chi connectivity index (χ3n) is 6.84. The van der Waals surface area contributed by atoms with E-state index in [2.05, 4.69) is 15.6 Å². The Labute approximate surface area is 250 Å². The lowest BCUT2D eigenvalue weighted by atomic mass is 9.97. The average Bonchev–Trinajstić information content (AvgIpc) is 3.26. The highest BCUT2D eigenvalue weighted by molar-refractivity contribution is 5.86.